The number of anilines is 1. The van der Waals surface area contributed by atoms with Gasteiger partial charge in [0.05, 0.1) is 22.7 Å². The molecule has 0 saturated heterocycles. The van der Waals surface area contributed by atoms with Gasteiger partial charge >= 0.3 is 0 Å². The van der Waals surface area contributed by atoms with Gasteiger partial charge in [0.15, 0.2) is 11.6 Å². The number of ether oxygens (including phenoxy) is 1. The van der Waals surface area contributed by atoms with E-state index in [4.69, 9.17) is 32.5 Å². The van der Waals surface area contributed by atoms with Gasteiger partial charge in [-0.1, -0.05) is 53.8 Å². The molecule has 1 aromatic heterocycles. The predicted octanol–water partition coefficient (Wildman–Crippen LogP) is 6.89. The van der Waals surface area contributed by atoms with E-state index in [1.165, 1.54) is 0 Å². The van der Waals surface area contributed by atoms with E-state index < -0.39 is 0 Å². The number of Topliss-reactive ketones (excluding diaryl/α,β-unsaturated/α-hetero) is 1. The second-order valence-corrected chi connectivity index (χ2v) is 7.86. The lowest BCUT2D eigenvalue weighted by molar-refractivity contribution is 0.0976. The SMILES string of the molecule is CCCCOc1ccc(C(CC(=O)c2ccc(Cl)c(Cl)c2)Nc2cc(C)on2)cc1. The van der Waals surface area contributed by atoms with Gasteiger partial charge in [-0.2, -0.15) is 0 Å². The molecule has 2 aromatic carbocycles. The topological polar surface area (TPSA) is 64.4 Å². The zero-order valence-electron chi connectivity index (χ0n) is 17.0. The second-order valence-electron chi connectivity index (χ2n) is 7.05. The van der Waals surface area contributed by atoms with Crippen molar-refractivity contribution in [2.24, 2.45) is 0 Å². The summed E-state index contributed by atoms with van der Waals surface area (Å²) in [7, 11) is 0. The van der Waals surface area contributed by atoms with Crippen molar-refractivity contribution in [1.82, 2.24) is 5.16 Å². The van der Waals surface area contributed by atoms with Crippen molar-refractivity contribution in [2.75, 3.05) is 11.9 Å². The molecule has 0 saturated carbocycles. The Balaban J connectivity index is 1.79. The van der Waals surface area contributed by atoms with Gasteiger partial charge in [0.1, 0.15) is 11.5 Å². The lowest BCUT2D eigenvalue weighted by atomic mass is 9.97. The Morgan fingerprint density at radius 1 is 1.13 bits per heavy atom. The highest BCUT2D eigenvalue weighted by atomic mass is 35.5. The summed E-state index contributed by atoms with van der Waals surface area (Å²) >= 11 is 12.0. The third kappa shape index (κ3) is 6.00. The van der Waals surface area contributed by atoms with E-state index >= 15 is 0 Å². The first kappa shape index (κ1) is 22.2. The van der Waals surface area contributed by atoms with Gasteiger partial charge in [-0.15, -0.1) is 0 Å². The smallest absolute Gasteiger partial charge is 0.170 e. The number of nitrogens with zero attached hydrogens (tertiary/aromatic N) is 1. The minimum atomic E-state index is -0.304. The minimum Gasteiger partial charge on any atom is -0.494 e. The van der Waals surface area contributed by atoms with E-state index in [0.29, 0.717) is 33.8 Å². The lowest BCUT2D eigenvalue weighted by Crippen LogP contribution is -2.16. The largest absolute Gasteiger partial charge is 0.494 e. The van der Waals surface area contributed by atoms with E-state index in [2.05, 4.69) is 17.4 Å². The maximum absolute atomic E-state index is 12.9. The molecule has 0 aliphatic heterocycles. The monoisotopic (exact) mass is 446 g/mol. The van der Waals surface area contributed by atoms with Crippen LogP contribution in [0.25, 0.3) is 0 Å². The number of carbonyl (C=O) groups is 1. The van der Waals surface area contributed by atoms with Crippen LogP contribution in [0.4, 0.5) is 5.82 Å². The molecular weight excluding hydrogens is 423 g/mol. The summed E-state index contributed by atoms with van der Waals surface area (Å²) in [6.07, 6.45) is 2.30. The number of hydrogen-bond donors (Lipinski definition) is 1. The number of nitrogens with one attached hydrogen (secondary N) is 1. The van der Waals surface area contributed by atoms with E-state index in [9.17, 15) is 4.79 Å². The molecule has 1 N–H and O–H groups in total. The molecule has 1 unspecified atom stereocenters. The summed E-state index contributed by atoms with van der Waals surface area (Å²) in [4.78, 5) is 12.9. The van der Waals surface area contributed by atoms with Gasteiger partial charge in [-0.05, 0) is 49.2 Å². The number of hydrogen-bond acceptors (Lipinski definition) is 5. The Kier molecular flexibility index (Phi) is 7.77. The van der Waals surface area contributed by atoms with Gasteiger partial charge < -0.3 is 14.6 Å². The van der Waals surface area contributed by atoms with Crippen LogP contribution in [-0.4, -0.2) is 17.5 Å². The number of ketones is 1. The van der Waals surface area contributed by atoms with Crippen LogP contribution in [0.2, 0.25) is 10.0 Å². The molecule has 1 atom stereocenters. The lowest BCUT2D eigenvalue weighted by Gasteiger charge is -2.19. The van der Waals surface area contributed by atoms with Crippen LogP contribution in [-0.2, 0) is 0 Å². The zero-order chi connectivity index (χ0) is 21.5. The standard InChI is InChI=1S/C23H24Cl2N2O3/c1-3-4-11-29-18-8-5-16(6-9-18)21(26-23-12-15(2)30-27-23)14-22(28)17-7-10-19(24)20(25)13-17/h5-10,12-13,21H,3-4,11,14H2,1-2H3,(H,26,27). The van der Waals surface area contributed by atoms with Gasteiger partial charge in [0, 0.05) is 18.1 Å². The first-order valence-electron chi connectivity index (χ1n) is 9.87. The maximum atomic E-state index is 12.9. The van der Waals surface area contributed by atoms with E-state index in [1.807, 2.05) is 31.2 Å². The molecule has 5 nitrogen and oxygen atoms in total. The average Bonchev–Trinajstić information content (AvgIpc) is 3.15. The summed E-state index contributed by atoms with van der Waals surface area (Å²) < 4.78 is 10.9. The maximum Gasteiger partial charge on any atom is 0.170 e. The summed E-state index contributed by atoms with van der Waals surface area (Å²) in [5.74, 6) is 2.00. The molecule has 0 bridgehead atoms. The summed E-state index contributed by atoms with van der Waals surface area (Å²) in [6.45, 7) is 4.63. The third-order valence-electron chi connectivity index (χ3n) is 4.63. The minimum absolute atomic E-state index is 0.0606. The van der Waals surface area contributed by atoms with Crippen molar-refractivity contribution in [3.05, 3.63) is 75.5 Å². The average molecular weight is 447 g/mol. The summed E-state index contributed by atoms with van der Waals surface area (Å²) in [6, 6.07) is 14.1. The van der Waals surface area contributed by atoms with Crippen molar-refractivity contribution in [3.8, 4) is 5.75 Å². The Morgan fingerprint density at radius 2 is 1.90 bits per heavy atom. The molecule has 0 amide bonds. The molecule has 7 heteroatoms. The van der Waals surface area contributed by atoms with Crippen molar-refractivity contribution < 1.29 is 14.1 Å². The highest BCUT2D eigenvalue weighted by molar-refractivity contribution is 6.42. The highest BCUT2D eigenvalue weighted by Gasteiger charge is 2.19. The predicted molar refractivity (Wildman–Crippen MR) is 120 cm³/mol. The molecule has 0 radical (unpaired) electrons. The zero-order valence-corrected chi connectivity index (χ0v) is 18.5. The Bertz CT molecular complexity index is 986. The molecule has 0 aliphatic carbocycles. The van der Waals surface area contributed by atoms with Crippen LogP contribution >= 0.6 is 23.2 Å². The van der Waals surface area contributed by atoms with Crippen LogP contribution < -0.4 is 10.1 Å². The molecule has 158 valence electrons. The first-order chi connectivity index (χ1) is 14.5. The van der Waals surface area contributed by atoms with Crippen LogP contribution in [0.1, 0.15) is 53.9 Å². The number of unbranched alkanes of at least 4 members (excludes halogenated alkanes) is 1. The summed E-state index contributed by atoms with van der Waals surface area (Å²) in [5, 5.41) is 8.05. The van der Waals surface area contributed by atoms with Crippen LogP contribution in [0.5, 0.6) is 5.75 Å². The van der Waals surface area contributed by atoms with Gasteiger partial charge in [-0.3, -0.25) is 4.79 Å². The number of rotatable bonds is 10. The van der Waals surface area contributed by atoms with Gasteiger partial charge in [0.2, 0.25) is 0 Å². The third-order valence-corrected chi connectivity index (χ3v) is 5.37. The second kappa shape index (κ2) is 10.5. The molecule has 0 aliphatic rings. The first-order valence-corrected chi connectivity index (χ1v) is 10.6. The number of aryl methyl sites for hydroxylation is 1. The highest BCUT2D eigenvalue weighted by Crippen LogP contribution is 2.28. The number of benzene rings is 2. The van der Waals surface area contributed by atoms with Crippen LogP contribution in [0, 0.1) is 6.92 Å². The molecule has 0 spiro atoms. The molecule has 1 heterocycles. The quantitative estimate of drug-likeness (QED) is 0.271. The van der Waals surface area contributed by atoms with Crippen molar-refractivity contribution >= 4 is 34.8 Å². The van der Waals surface area contributed by atoms with E-state index in [-0.39, 0.29) is 18.2 Å². The summed E-state index contributed by atoms with van der Waals surface area (Å²) in [5.41, 5.74) is 1.44. The molecular formula is C23H24Cl2N2O3. The number of carbonyl (C=O) groups excluding carboxylic acids is 1. The van der Waals surface area contributed by atoms with Crippen molar-refractivity contribution in [1.29, 1.82) is 0 Å². The van der Waals surface area contributed by atoms with E-state index in [0.717, 1.165) is 24.2 Å². The van der Waals surface area contributed by atoms with Gasteiger partial charge in [0.25, 0.3) is 0 Å². The Morgan fingerprint density at radius 3 is 2.53 bits per heavy atom. The molecule has 3 aromatic rings. The molecule has 3 rings (SSSR count). The van der Waals surface area contributed by atoms with Crippen molar-refractivity contribution in [2.45, 2.75) is 39.2 Å². The van der Waals surface area contributed by atoms with Gasteiger partial charge in [-0.25, -0.2) is 0 Å². The fourth-order valence-corrected chi connectivity index (χ4v) is 3.27. The molecule has 0 fully saturated rings. The Labute approximate surface area is 186 Å². The Hall–Kier alpha value is -2.50. The van der Waals surface area contributed by atoms with Crippen LogP contribution in [0.15, 0.2) is 53.1 Å². The van der Waals surface area contributed by atoms with Crippen molar-refractivity contribution in [3.63, 3.8) is 0 Å². The molecule has 30 heavy (non-hydrogen) atoms. The van der Waals surface area contributed by atoms with E-state index in [1.54, 1.807) is 24.3 Å². The number of halogens is 2. The fourth-order valence-electron chi connectivity index (χ4n) is 2.97. The van der Waals surface area contributed by atoms with Crippen LogP contribution in [0.3, 0.4) is 0 Å². The normalized spacial score (nSPS) is 11.9. The fraction of sp³-hybridized carbons (Fsp3) is 0.304. The number of aromatic nitrogens is 1.